The minimum Gasteiger partial charge on any atom is -0.389 e. The molecule has 1 aliphatic carbocycles. The topological polar surface area (TPSA) is 228 Å². The zero-order valence-corrected chi connectivity index (χ0v) is 31.1. The van der Waals surface area contributed by atoms with Crippen LogP contribution in [0.25, 0.3) is 0 Å². The zero-order valence-electron chi connectivity index (χ0n) is 29.5. The molecular formula is C34H69N5O7S2. The van der Waals surface area contributed by atoms with E-state index in [2.05, 4.69) is 13.8 Å². The van der Waals surface area contributed by atoms with E-state index in [0.29, 0.717) is 25.1 Å². The molecule has 2 saturated heterocycles. The smallest absolute Gasteiger partial charge is 0.186 e. The molecule has 3 rings (SSSR count). The summed E-state index contributed by atoms with van der Waals surface area (Å²) in [7, 11) is 0. The van der Waals surface area contributed by atoms with Crippen LogP contribution in [-0.4, -0.2) is 124 Å². The van der Waals surface area contributed by atoms with Gasteiger partial charge in [0, 0.05) is 29.6 Å². The largest absolute Gasteiger partial charge is 0.389 e. The Hall–Kier alpha value is 0.220. The molecule has 284 valence electrons. The minimum absolute atomic E-state index is 0.163. The average Bonchev–Trinajstić information content (AvgIpc) is 3.07. The van der Waals surface area contributed by atoms with E-state index in [-0.39, 0.29) is 11.4 Å². The molecule has 0 aromatic carbocycles. The lowest BCUT2D eigenvalue weighted by Gasteiger charge is -2.48. The van der Waals surface area contributed by atoms with Crippen LogP contribution in [0.4, 0.5) is 0 Å². The van der Waals surface area contributed by atoms with E-state index in [9.17, 15) is 15.3 Å². The van der Waals surface area contributed by atoms with Crippen molar-refractivity contribution in [3.8, 4) is 0 Å². The van der Waals surface area contributed by atoms with E-state index in [4.69, 9.17) is 47.6 Å². The number of hydrogen-bond acceptors (Lipinski definition) is 14. The van der Waals surface area contributed by atoms with Crippen LogP contribution in [0.5, 0.6) is 0 Å². The number of rotatable bonds is 22. The van der Waals surface area contributed by atoms with Crippen LogP contribution >= 0.6 is 23.5 Å². The van der Waals surface area contributed by atoms with Crippen molar-refractivity contribution in [3.05, 3.63) is 0 Å². The lowest BCUT2D eigenvalue weighted by atomic mass is 9.84. The van der Waals surface area contributed by atoms with Crippen LogP contribution in [0, 0.1) is 0 Å². The molecule has 14 atom stereocenters. The molecule has 2 aliphatic heterocycles. The maximum atomic E-state index is 11.5. The normalized spacial score (nSPS) is 39.1. The first kappa shape index (κ1) is 42.6. The molecule has 0 aromatic rings. The third kappa shape index (κ3) is 13.0. The number of unbranched alkanes of at least 4 members (excludes halogenated alkanes) is 10. The molecule has 0 amide bonds. The lowest BCUT2D eigenvalue weighted by Crippen LogP contribution is -2.68. The maximum absolute atomic E-state index is 11.5. The zero-order chi connectivity index (χ0) is 35.1. The molecule has 1 saturated carbocycles. The van der Waals surface area contributed by atoms with Gasteiger partial charge in [0.1, 0.15) is 24.4 Å². The first-order chi connectivity index (χ1) is 23.1. The van der Waals surface area contributed by atoms with Gasteiger partial charge < -0.3 is 62.9 Å². The number of aliphatic hydroxyl groups is 3. The van der Waals surface area contributed by atoms with Crippen LogP contribution in [0.2, 0.25) is 0 Å². The van der Waals surface area contributed by atoms with Crippen LogP contribution in [0.15, 0.2) is 0 Å². The molecule has 0 aromatic heterocycles. The Bertz CT molecular complexity index is 860. The summed E-state index contributed by atoms with van der Waals surface area (Å²) in [6.45, 7) is 4.76. The summed E-state index contributed by atoms with van der Waals surface area (Å²) >= 11 is 3.55. The molecule has 13 N–H and O–H groups in total. The van der Waals surface area contributed by atoms with Gasteiger partial charge in [0.05, 0.1) is 30.4 Å². The highest BCUT2D eigenvalue weighted by Gasteiger charge is 2.50. The van der Waals surface area contributed by atoms with E-state index < -0.39 is 73.4 Å². The summed E-state index contributed by atoms with van der Waals surface area (Å²) in [4.78, 5) is 0. The van der Waals surface area contributed by atoms with Crippen molar-refractivity contribution < 1.29 is 34.3 Å². The van der Waals surface area contributed by atoms with Crippen molar-refractivity contribution in [2.75, 3.05) is 23.8 Å². The van der Waals surface area contributed by atoms with Crippen molar-refractivity contribution >= 4 is 23.5 Å². The molecular weight excluding hydrogens is 655 g/mol. The third-order valence-corrected chi connectivity index (χ3v) is 12.6. The van der Waals surface area contributed by atoms with Crippen molar-refractivity contribution in [2.24, 2.45) is 28.7 Å². The summed E-state index contributed by atoms with van der Waals surface area (Å²) < 4.78 is 24.8. The minimum atomic E-state index is -1.32. The first-order valence-electron chi connectivity index (χ1n) is 18.7. The Labute approximate surface area is 298 Å². The Morgan fingerprint density at radius 1 is 0.625 bits per heavy atom. The number of thioether (sulfide) groups is 2. The highest BCUT2D eigenvalue weighted by molar-refractivity contribution is 8.00. The van der Waals surface area contributed by atoms with Gasteiger partial charge in [-0.3, -0.25) is 0 Å². The summed E-state index contributed by atoms with van der Waals surface area (Å²) in [6, 6.07) is -2.67. The number of nitrogens with two attached hydrogens (primary N) is 5. The van der Waals surface area contributed by atoms with Gasteiger partial charge in [0.25, 0.3) is 0 Å². The number of ether oxygens (including phenoxy) is 4. The quantitative estimate of drug-likeness (QED) is 0.0747. The Morgan fingerprint density at radius 2 is 1.17 bits per heavy atom. The molecule has 0 bridgehead atoms. The van der Waals surface area contributed by atoms with E-state index in [1.54, 1.807) is 11.8 Å². The van der Waals surface area contributed by atoms with Crippen LogP contribution in [0.3, 0.4) is 0 Å². The molecule has 3 fully saturated rings. The second-order valence-electron chi connectivity index (χ2n) is 14.1. The van der Waals surface area contributed by atoms with Gasteiger partial charge in [-0.15, -0.1) is 0 Å². The van der Waals surface area contributed by atoms with E-state index in [1.807, 2.05) is 11.8 Å². The van der Waals surface area contributed by atoms with E-state index >= 15 is 0 Å². The summed E-state index contributed by atoms with van der Waals surface area (Å²) in [5.74, 6) is 2.48. The molecule has 0 radical (unpaired) electrons. The van der Waals surface area contributed by atoms with Gasteiger partial charge >= 0.3 is 0 Å². The van der Waals surface area contributed by atoms with Gasteiger partial charge in [-0.25, -0.2) is 0 Å². The third-order valence-electron chi connectivity index (χ3n) is 9.97. The van der Waals surface area contributed by atoms with Crippen molar-refractivity contribution in [1.29, 1.82) is 0 Å². The molecule has 2 heterocycles. The first-order valence-corrected chi connectivity index (χ1v) is 20.9. The van der Waals surface area contributed by atoms with Crippen LogP contribution < -0.4 is 28.7 Å². The fourth-order valence-electron chi connectivity index (χ4n) is 6.87. The monoisotopic (exact) mass is 723 g/mol. The highest BCUT2D eigenvalue weighted by atomic mass is 32.2. The summed E-state index contributed by atoms with van der Waals surface area (Å²) in [5, 5.41) is 33.3. The molecule has 48 heavy (non-hydrogen) atoms. The number of aliphatic hydroxyl groups excluding tert-OH is 3. The second-order valence-corrected chi connectivity index (χ2v) is 16.6. The van der Waals surface area contributed by atoms with Gasteiger partial charge in [-0.1, -0.05) is 78.1 Å². The van der Waals surface area contributed by atoms with Gasteiger partial charge in [-0.05, 0) is 37.2 Å². The fourth-order valence-corrected chi connectivity index (χ4v) is 9.38. The molecule has 1 unspecified atom stereocenters. The predicted octanol–water partition coefficient (Wildman–Crippen LogP) is 1.91. The van der Waals surface area contributed by atoms with Crippen molar-refractivity contribution in [1.82, 2.24) is 0 Å². The fraction of sp³-hybridized carbons (Fsp3) is 1.00. The molecule has 14 heteroatoms. The highest BCUT2D eigenvalue weighted by Crippen LogP contribution is 2.34. The SMILES string of the molecule is CCCCCCCCSC[C@H]1O[C@H](OC2[C@H](N)C[C@H](N)[C@@H](O[C@H]3O[C@H](CN)[C@@H](SCCCCCCCC)C[C@H]3N)[C@@H]2O)[C@H](O)[C@@H](N)[C@@H]1O. The lowest BCUT2D eigenvalue weighted by molar-refractivity contribution is -0.307. The predicted molar refractivity (Wildman–Crippen MR) is 196 cm³/mol. The van der Waals surface area contributed by atoms with Gasteiger partial charge in [0.15, 0.2) is 12.6 Å². The van der Waals surface area contributed by atoms with E-state index in [0.717, 1.165) is 24.3 Å². The summed E-state index contributed by atoms with van der Waals surface area (Å²) in [6.07, 6.45) is 7.33. The Morgan fingerprint density at radius 3 is 1.77 bits per heavy atom. The number of hydrogen-bond donors (Lipinski definition) is 8. The molecule has 0 spiro atoms. The molecule has 3 aliphatic rings. The van der Waals surface area contributed by atoms with Crippen LogP contribution in [0.1, 0.15) is 104 Å². The average molecular weight is 724 g/mol. The standard InChI is InChI=1S/C34H69N5O7S2/c1-3-5-7-9-11-13-15-47-20-25-28(40)27(39)29(41)34(44-25)46-32-22(37)17-21(36)31(30(32)42)45-33-23(38)18-26(24(19-35)43-33)48-16-14-12-10-8-6-4-2/h21-34,40-42H,3-20,35-39H2,1-2H3/t21-,22+,23+,24+,25+,26-,27-,28+,29+,30-,31+,32?,33+,34+/m0/s1. The van der Waals surface area contributed by atoms with Gasteiger partial charge in [-0.2, -0.15) is 23.5 Å². The Kier molecular flexibility index (Phi) is 20.4. The van der Waals surface area contributed by atoms with Crippen molar-refractivity contribution in [3.63, 3.8) is 0 Å². The van der Waals surface area contributed by atoms with Gasteiger partial charge in [0.2, 0.25) is 0 Å². The maximum Gasteiger partial charge on any atom is 0.186 e. The Balaban J connectivity index is 1.52. The second kappa shape index (κ2) is 23.0. The van der Waals surface area contributed by atoms with Crippen molar-refractivity contribution in [2.45, 2.75) is 188 Å². The van der Waals surface area contributed by atoms with E-state index in [1.165, 1.54) is 64.2 Å². The summed E-state index contributed by atoms with van der Waals surface area (Å²) in [5.41, 5.74) is 31.8. The molecule has 12 nitrogen and oxygen atoms in total. The van der Waals surface area contributed by atoms with Crippen LogP contribution in [-0.2, 0) is 18.9 Å².